The van der Waals surface area contributed by atoms with Crippen molar-refractivity contribution in [1.29, 1.82) is 0 Å². The molecule has 12 heteroatoms. The molecule has 0 aliphatic heterocycles. The van der Waals surface area contributed by atoms with Crippen LogP contribution in [0.5, 0.6) is 5.75 Å². The highest BCUT2D eigenvalue weighted by Gasteiger charge is 2.28. The van der Waals surface area contributed by atoms with Gasteiger partial charge in [-0.2, -0.15) is 0 Å². The molecular formula is C27H36F4N4O4. The van der Waals surface area contributed by atoms with E-state index in [0.717, 1.165) is 0 Å². The molecule has 39 heavy (non-hydrogen) atoms. The van der Waals surface area contributed by atoms with Gasteiger partial charge in [0.25, 0.3) is 0 Å². The van der Waals surface area contributed by atoms with E-state index in [-0.39, 0.29) is 24.4 Å². The van der Waals surface area contributed by atoms with Gasteiger partial charge in [0.1, 0.15) is 18.2 Å². The van der Waals surface area contributed by atoms with Crippen LogP contribution >= 0.6 is 0 Å². The highest BCUT2D eigenvalue weighted by Crippen LogP contribution is 2.33. The number of methoxy groups -OCH3 is 1. The van der Waals surface area contributed by atoms with Crippen LogP contribution in [0.15, 0.2) is 48.0 Å². The molecule has 0 spiro atoms. The topological polar surface area (TPSA) is 93.2 Å². The summed E-state index contributed by atoms with van der Waals surface area (Å²) < 4.78 is 64.6. The molecule has 0 atom stereocenters. The van der Waals surface area contributed by atoms with Gasteiger partial charge >= 0.3 is 12.4 Å². The van der Waals surface area contributed by atoms with E-state index in [1.807, 2.05) is 0 Å². The lowest BCUT2D eigenvalue weighted by Crippen LogP contribution is -2.32. The Hall–Kier alpha value is -3.64. The fourth-order valence-corrected chi connectivity index (χ4v) is 2.81. The summed E-state index contributed by atoms with van der Waals surface area (Å²) >= 11 is 0. The van der Waals surface area contributed by atoms with Crippen LogP contribution in [0.25, 0.3) is 5.70 Å². The summed E-state index contributed by atoms with van der Waals surface area (Å²) in [7, 11) is 1.53. The normalized spacial score (nSPS) is 11.0. The molecule has 2 aromatic carbocycles. The average Bonchev–Trinajstić information content (AvgIpc) is 2.87. The van der Waals surface area contributed by atoms with E-state index in [0.29, 0.717) is 29.4 Å². The minimum atomic E-state index is -4.75. The first-order valence-corrected chi connectivity index (χ1v) is 12.3. The van der Waals surface area contributed by atoms with Gasteiger partial charge in [0, 0.05) is 49.1 Å². The summed E-state index contributed by atoms with van der Waals surface area (Å²) in [5.41, 5.74) is 1.66. The smallest absolute Gasteiger partial charge is 0.491 e. The van der Waals surface area contributed by atoms with Gasteiger partial charge in [0.15, 0.2) is 0 Å². The maximum atomic E-state index is 14.9. The Kier molecular flexibility index (Phi) is 15.2. The van der Waals surface area contributed by atoms with Crippen molar-refractivity contribution >= 4 is 35.0 Å². The van der Waals surface area contributed by atoms with Gasteiger partial charge in [-0.3, -0.25) is 9.73 Å². The predicted octanol–water partition coefficient (Wildman–Crippen LogP) is 7.12. The Bertz CT molecular complexity index is 1060. The molecule has 2 rings (SSSR count). The average molecular weight is 557 g/mol. The fourth-order valence-electron chi connectivity index (χ4n) is 2.81. The Labute approximate surface area is 226 Å². The van der Waals surface area contributed by atoms with E-state index in [1.54, 1.807) is 37.3 Å². The van der Waals surface area contributed by atoms with E-state index >= 15 is 0 Å². The highest BCUT2D eigenvalue weighted by atomic mass is 19.4. The number of hydrogen-bond donors (Lipinski definition) is 3. The van der Waals surface area contributed by atoms with E-state index in [4.69, 9.17) is 9.47 Å². The zero-order valence-electron chi connectivity index (χ0n) is 22.6. The molecule has 0 fully saturated rings. The molecule has 0 aliphatic carbocycles. The third-order valence-corrected chi connectivity index (χ3v) is 4.76. The largest absolute Gasteiger partial charge is 0.522 e. The van der Waals surface area contributed by atoms with Crippen molar-refractivity contribution in [2.24, 2.45) is 4.99 Å². The Morgan fingerprint density at radius 2 is 1.64 bits per heavy atom. The van der Waals surface area contributed by atoms with Gasteiger partial charge in [-0.05, 0) is 31.2 Å². The molecular weight excluding hydrogens is 520 g/mol. The molecule has 2 aromatic rings. The zero-order chi connectivity index (χ0) is 29.3. The maximum Gasteiger partial charge on any atom is 0.522 e. The van der Waals surface area contributed by atoms with Crippen molar-refractivity contribution in [1.82, 2.24) is 5.32 Å². The third-order valence-electron chi connectivity index (χ3n) is 4.76. The monoisotopic (exact) mass is 556 g/mol. The molecule has 0 saturated heterocycles. The standard InChI is InChI=1S/C23H26F4N4O4.C4H10/c1-4-28-20-14-18(34-12-11-33-3)13-19(24)21(20)15(2)30-16-5-7-17(8-6-16)31-22(32)29-9-10-35-23(25,26)27;1-3-4-2/h4-8,13-14,30H,2,9-12H2,1,3H3,(H2,29,31,32);3-4H2,1-2H3. The number of carbonyl (C=O) groups is 1. The summed E-state index contributed by atoms with van der Waals surface area (Å²) in [5, 5.41) is 7.70. The number of carbonyl (C=O) groups excluding carboxylic acids is 1. The minimum absolute atomic E-state index is 0.157. The number of nitrogens with one attached hydrogen (secondary N) is 3. The lowest BCUT2D eigenvalue weighted by atomic mass is 10.1. The number of halogens is 4. The van der Waals surface area contributed by atoms with Crippen molar-refractivity contribution < 1.29 is 36.6 Å². The molecule has 0 heterocycles. The summed E-state index contributed by atoms with van der Waals surface area (Å²) in [6.07, 6.45) is -0.595. The number of aliphatic imine (C=N–C) groups is 1. The number of urea groups is 1. The summed E-state index contributed by atoms with van der Waals surface area (Å²) in [5.74, 6) is -0.280. The summed E-state index contributed by atoms with van der Waals surface area (Å²) in [6, 6.07) is 8.44. The van der Waals surface area contributed by atoms with Crippen LogP contribution in [0.3, 0.4) is 0 Å². The van der Waals surface area contributed by atoms with Crippen molar-refractivity contribution in [3.8, 4) is 5.75 Å². The number of nitrogens with zero attached hydrogens (tertiary/aromatic N) is 1. The van der Waals surface area contributed by atoms with Crippen LogP contribution in [0, 0.1) is 5.82 Å². The molecule has 0 saturated carbocycles. The number of benzene rings is 2. The number of ether oxygens (including phenoxy) is 3. The number of alkyl halides is 3. The van der Waals surface area contributed by atoms with E-state index in [2.05, 4.69) is 46.1 Å². The van der Waals surface area contributed by atoms with Gasteiger partial charge in [-0.15, -0.1) is 13.2 Å². The van der Waals surface area contributed by atoms with Crippen LogP contribution in [-0.4, -0.2) is 52.1 Å². The molecule has 0 aliphatic rings. The van der Waals surface area contributed by atoms with Crippen LogP contribution in [-0.2, 0) is 9.47 Å². The van der Waals surface area contributed by atoms with Gasteiger partial charge in [-0.1, -0.05) is 33.3 Å². The first-order valence-electron chi connectivity index (χ1n) is 12.3. The Balaban J connectivity index is 0.00000177. The van der Waals surface area contributed by atoms with Crippen LogP contribution in [0.2, 0.25) is 0 Å². The van der Waals surface area contributed by atoms with Crippen molar-refractivity contribution in [2.75, 3.05) is 44.1 Å². The fraction of sp³-hybridized carbons (Fsp3) is 0.407. The van der Waals surface area contributed by atoms with Crippen LogP contribution < -0.4 is 20.7 Å². The molecule has 2 amide bonds. The highest BCUT2D eigenvalue weighted by molar-refractivity contribution is 5.90. The van der Waals surface area contributed by atoms with E-state index in [1.165, 1.54) is 32.2 Å². The quantitative estimate of drug-likeness (QED) is 0.139. The van der Waals surface area contributed by atoms with E-state index in [9.17, 15) is 22.4 Å². The van der Waals surface area contributed by atoms with Gasteiger partial charge in [0.2, 0.25) is 0 Å². The zero-order valence-corrected chi connectivity index (χ0v) is 22.6. The number of hydrogen-bond acceptors (Lipinski definition) is 6. The second kappa shape index (κ2) is 17.8. The second-order valence-electron chi connectivity index (χ2n) is 7.88. The van der Waals surface area contributed by atoms with Gasteiger partial charge in [0.05, 0.1) is 24.5 Å². The third kappa shape index (κ3) is 13.6. The van der Waals surface area contributed by atoms with Gasteiger partial charge < -0.3 is 25.4 Å². The predicted molar refractivity (Wildman–Crippen MR) is 146 cm³/mol. The lowest BCUT2D eigenvalue weighted by molar-refractivity contribution is -0.323. The lowest BCUT2D eigenvalue weighted by Gasteiger charge is -2.15. The van der Waals surface area contributed by atoms with Gasteiger partial charge in [-0.25, -0.2) is 9.18 Å². The SMILES string of the molecule is C=C(Nc1ccc(NC(=O)NCCOC(F)(F)F)cc1)c1c(F)cc(OCCOC)cc1N=CC.CCCC. The number of amides is 2. The minimum Gasteiger partial charge on any atom is -0.491 e. The molecule has 0 bridgehead atoms. The first kappa shape index (κ1) is 33.4. The second-order valence-corrected chi connectivity index (χ2v) is 7.88. The van der Waals surface area contributed by atoms with Crippen molar-refractivity contribution in [3.63, 3.8) is 0 Å². The Morgan fingerprint density at radius 1 is 1.03 bits per heavy atom. The first-order chi connectivity index (χ1) is 18.5. The molecule has 216 valence electrons. The molecule has 0 radical (unpaired) electrons. The van der Waals surface area contributed by atoms with Crippen LogP contribution in [0.4, 0.5) is 39.4 Å². The summed E-state index contributed by atoms with van der Waals surface area (Å²) in [4.78, 5) is 16.0. The Morgan fingerprint density at radius 3 is 2.18 bits per heavy atom. The van der Waals surface area contributed by atoms with Crippen molar-refractivity contribution in [3.05, 3.63) is 54.4 Å². The van der Waals surface area contributed by atoms with Crippen LogP contribution in [0.1, 0.15) is 39.2 Å². The number of unbranched alkanes of at least 4 members (excludes halogenated alkanes) is 1. The number of rotatable bonds is 13. The molecule has 0 aromatic heterocycles. The number of anilines is 2. The molecule has 3 N–H and O–H groups in total. The molecule has 0 unspecified atom stereocenters. The summed E-state index contributed by atoms with van der Waals surface area (Å²) in [6.45, 7) is 9.53. The maximum absolute atomic E-state index is 14.9. The molecule has 8 nitrogen and oxygen atoms in total. The van der Waals surface area contributed by atoms with Crippen molar-refractivity contribution in [2.45, 2.75) is 40.0 Å². The van der Waals surface area contributed by atoms with E-state index < -0.39 is 24.8 Å².